The Morgan fingerprint density at radius 2 is 1.90 bits per heavy atom. The van der Waals surface area contributed by atoms with Gasteiger partial charge in [-0.15, -0.1) is 0 Å². The summed E-state index contributed by atoms with van der Waals surface area (Å²) in [5, 5.41) is 21.0. The molecule has 1 atom stereocenters. The van der Waals surface area contributed by atoms with Gasteiger partial charge in [-0.1, -0.05) is 36.4 Å². The molecule has 1 unspecified atom stereocenters. The highest BCUT2D eigenvalue weighted by Crippen LogP contribution is 2.23. The molecule has 0 saturated heterocycles. The summed E-state index contributed by atoms with van der Waals surface area (Å²) in [6.45, 7) is 0.609. The van der Waals surface area contributed by atoms with Crippen LogP contribution in [0, 0.1) is 0 Å². The maximum absolute atomic E-state index is 9.86. The maximum Gasteiger partial charge on any atom is 0.173 e. The Labute approximate surface area is 177 Å². The van der Waals surface area contributed by atoms with Gasteiger partial charge in [0.15, 0.2) is 5.65 Å². The van der Waals surface area contributed by atoms with E-state index in [1.165, 1.54) is 0 Å². The molecule has 0 bridgehead atoms. The van der Waals surface area contributed by atoms with Crippen molar-refractivity contribution in [2.75, 3.05) is 17.2 Å². The van der Waals surface area contributed by atoms with E-state index in [0.717, 1.165) is 21.4 Å². The van der Waals surface area contributed by atoms with Crippen molar-refractivity contribution < 1.29 is 5.11 Å². The van der Waals surface area contributed by atoms with E-state index >= 15 is 0 Å². The molecule has 0 radical (unpaired) electrons. The monoisotopic (exact) mass is 452 g/mol. The van der Waals surface area contributed by atoms with Gasteiger partial charge in [-0.25, -0.2) is 4.98 Å². The Morgan fingerprint density at radius 3 is 2.66 bits per heavy atom. The van der Waals surface area contributed by atoms with Gasteiger partial charge >= 0.3 is 0 Å². The van der Waals surface area contributed by atoms with Gasteiger partial charge in [0.25, 0.3) is 0 Å². The number of hydrogen-bond acceptors (Lipinski definition) is 6. The number of halogens is 1. The normalized spacial score (nSPS) is 12.1. The van der Waals surface area contributed by atoms with Crippen molar-refractivity contribution in [3.63, 3.8) is 0 Å². The largest absolute Gasteiger partial charge is 0.394 e. The molecule has 3 aromatic heterocycles. The van der Waals surface area contributed by atoms with E-state index < -0.39 is 0 Å². The Kier molecular flexibility index (Phi) is 6.02. The molecule has 7 nitrogen and oxygen atoms in total. The van der Waals surface area contributed by atoms with Gasteiger partial charge < -0.3 is 15.7 Å². The molecular weight excluding hydrogens is 432 g/mol. The number of benzene rings is 1. The Bertz CT molecular complexity index is 1070. The molecule has 0 aliphatic rings. The van der Waals surface area contributed by atoms with Crippen LogP contribution in [0.3, 0.4) is 0 Å². The quantitative estimate of drug-likeness (QED) is 0.379. The summed E-state index contributed by atoms with van der Waals surface area (Å²) in [6, 6.07) is 15.7. The van der Waals surface area contributed by atoms with Crippen LogP contribution in [0.5, 0.6) is 0 Å². The second-order valence-electron chi connectivity index (χ2n) is 6.68. The molecule has 0 saturated carbocycles. The SMILES string of the molecule is OCC(Cc1ccccc1)Nc1cc(NCc2cccnc2)n2ncc(Br)c2n1. The molecule has 3 heterocycles. The fourth-order valence-corrected chi connectivity index (χ4v) is 3.45. The summed E-state index contributed by atoms with van der Waals surface area (Å²) < 4.78 is 2.55. The number of nitrogens with one attached hydrogen (secondary N) is 2. The van der Waals surface area contributed by atoms with Crippen LogP contribution in [0.15, 0.2) is 71.6 Å². The van der Waals surface area contributed by atoms with E-state index in [2.05, 4.69) is 53.8 Å². The highest BCUT2D eigenvalue weighted by atomic mass is 79.9. The Morgan fingerprint density at radius 1 is 1.07 bits per heavy atom. The van der Waals surface area contributed by atoms with Crippen molar-refractivity contribution >= 4 is 33.2 Å². The summed E-state index contributed by atoms with van der Waals surface area (Å²) in [5.74, 6) is 1.46. The van der Waals surface area contributed by atoms with Gasteiger partial charge in [-0.05, 0) is 39.5 Å². The van der Waals surface area contributed by atoms with Crippen LogP contribution in [0.2, 0.25) is 0 Å². The highest BCUT2D eigenvalue weighted by Gasteiger charge is 2.14. The zero-order valence-corrected chi connectivity index (χ0v) is 17.2. The van der Waals surface area contributed by atoms with E-state index in [9.17, 15) is 5.11 Å². The van der Waals surface area contributed by atoms with Crippen LogP contribution in [-0.2, 0) is 13.0 Å². The maximum atomic E-state index is 9.86. The first-order chi connectivity index (χ1) is 14.2. The summed E-state index contributed by atoms with van der Waals surface area (Å²) in [6.07, 6.45) is 5.99. The van der Waals surface area contributed by atoms with Gasteiger partial charge in [0.2, 0.25) is 0 Å². The number of nitrogens with zero attached hydrogens (tertiary/aromatic N) is 4. The summed E-state index contributed by atoms with van der Waals surface area (Å²) >= 11 is 3.51. The molecule has 0 amide bonds. The number of fused-ring (bicyclic) bond motifs is 1. The van der Waals surface area contributed by atoms with E-state index in [1.807, 2.05) is 42.6 Å². The first kappa shape index (κ1) is 19.4. The van der Waals surface area contributed by atoms with E-state index in [4.69, 9.17) is 0 Å². The smallest absolute Gasteiger partial charge is 0.173 e. The van der Waals surface area contributed by atoms with E-state index in [0.29, 0.717) is 24.4 Å². The van der Waals surface area contributed by atoms with Crippen LogP contribution in [-0.4, -0.2) is 37.3 Å². The molecule has 148 valence electrons. The Hall–Kier alpha value is -2.97. The molecule has 0 aliphatic heterocycles. The molecule has 29 heavy (non-hydrogen) atoms. The molecule has 3 N–H and O–H groups in total. The third kappa shape index (κ3) is 4.72. The molecule has 0 aliphatic carbocycles. The minimum atomic E-state index is -0.153. The highest BCUT2D eigenvalue weighted by molar-refractivity contribution is 9.10. The number of pyridine rings is 1. The van der Waals surface area contributed by atoms with E-state index in [1.54, 1.807) is 16.9 Å². The molecule has 1 aromatic carbocycles. The van der Waals surface area contributed by atoms with Crippen LogP contribution in [0.25, 0.3) is 5.65 Å². The minimum Gasteiger partial charge on any atom is -0.394 e. The fourth-order valence-electron chi connectivity index (χ4n) is 3.10. The van der Waals surface area contributed by atoms with Gasteiger partial charge in [0.1, 0.15) is 11.6 Å². The van der Waals surface area contributed by atoms with Crippen LogP contribution < -0.4 is 10.6 Å². The third-order valence-corrected chi connectivity index (χ3v) is 5.08. The van der Waals surface area contributed by atoms with E-state index in [-0.39, 0.29) is 12.6 Å². The van der Waals surface area contributed by atoms with Crippen molar-refractivity contribution in [1.82, 2.24) is 19.6 Å². The van der Waals surface area contributed by atoms with Crippen molar-refractivity contribution in [2.45, 2.75) is 19.0 Å². The van der Waals surface area contributed by atoms with Gasteiger partial charge in [-0.2, -0.15) is 9.61 Å². The second kappa shape index (κ2) is 9.02. The van der Waals surface area contributed by atoms with Crippen LogP contribution in [0.1, 0.15) is 11.1 Å². The minimum absolute atomic E-state index is 0.000627. The number of hydrogen-bond donors (Lipinski definition) is 3. The van der Waals surface area contributed by atoms with Crippen molar-refractivity contribution in [3.05, 3.63) is 82.7 Å². The number of anilines is 2. The zero-order chi connectivity index (χ0) is 20.1. The number of aliphatic hydroxyl groups is 1. The van der Waals surface area contributed by atoms with Gasteiger partial charge in [0, 0.05) is 25.0 Å². The Balaban J connectivity index is 1.57. The molecule has 0 spiro atoms. The molecular formula is C21H21BrN6O. The average Bonchev–Trinajstić information content (AvgIpc) is 3.14. The summed E-state index contributed by atoms with van der Waals surface area (Å²) in [7, 11) is 0. The van der Waals surface area contributed by atoms with Crippen molar-refractivity contribution in [3.8, 4) is 0 Å². The predicted octanol–water partition coefficient (Wildman–Crippen LogP) is 3.51. The lowest BCUT2D eigenvalue weighted by Gasteiger charge is -2.18. The summed E-state index contributed by atoms with van der Waals surface area (Å²) in [5.41, 5.74) is 2.91. The lowest BCUT2D eigenvalue weighted by molar-refractivity contribution is 0.273. The zero-order valence-electron chi connectivity index (χ0n) is 15.7. The molecule has 8 heteroatoms. The lowest BCUT2D eigenvalue weighted by Crippen LogP contribution is -2.27. The van der Waals surface area contributed by atoms with Crippen molar-refractivity contribution in [1.29, 1.82) is 0 Å². The number of aromatic nitrogens is 4. The topological polar surface area (TPSA) is 87.4 Å². The van der Waals surface area contributed by atoms with Gasteiger partial charge in [0.05, 0.1) is 23.3 Å². The standard InChI is InChI=1S/C21H21BrN6O/c22-18-13-25-28-20(24-12-16-7-4-8-23-11-16)10-19(27-21(18)28)26-17(14-29)9-15-5-2-1-3-6-15/h1-8,10-11,13,17,24,29H,9,12,14H2,(H,26,27). The molecule has 4 rings (SSSR count). The number of aliphatic hydroxyl groups excluding tert-OH is 1. The van der Waals surface area contributed by atoms with Crippen molar-refractivity contribution in [2.24, 2.45) is 0 Å². The predicted molar refractivity (Wildman–Crippen MR) is 117 cm³/mol. The second-order valence-corrected chi connectivity index (χ2v) is 7.54. The lowest BCUT2D eigenvalue weighted by atomic mass is 10.1. The molecule has 0 fully saturated rings. The molecule has 4 aromatic rings. The summed E-state index contributed by atoms with van der Waals surface area (Å²) in [4.78, 5) is 8.81. The fraction of sp³-hybridized carbons (Fsp3) is 0.190. The average molecular weight is 453 g/mol. The van der Waals surface area contributed by atoms with Gasteiger partial charge in [-0.3, -0.25) is 4.98 Å². The first-order valence-electron chi connectivity index (χ1n) is 9.31. The number of rotatable bonds is 8. The van der Waals surface area contributed by atoms with Crippen LogP contribution >= 0.6 is 15.9 Å². The first-order valence-corrected chi connectivity index (χ1v) is 10.1. The van der Waals surface area contributed by atoms with Crippen LogP contribution in [0.4, 0.5) is 11.6 Å². The third-order valence-electron chi connectivity index (χ3n) is 4.52.